The maximum Gasteiger partial charge on any atom is 0.303 e. The highest BCUT2D eigenvalue weighted by atomic mass is 127. The van der Waals surface area contributed by atoms with Gasteiger partial charge in [0.15, 0.2) is 8.32 Å². The molecule has 0 heterocycles. The molecule has 2 unspecified atom stereocenters. The van der Waals surface area contributed by atoms with Crippen molar-refractivity contribution in [1.29, 1.82) is 0 Å². The second-order valence-corrected chi connectivity index (χ2v) is 14.7. The number of esters is 1. The van der Waals surface area contributed by atoms with Crippen molar-refractivity contribution in [3.63, 3.8) is 0 Å². The number of benzene rings is 1. The van der Waals surface area contributed by atoms with E-state index in [1.54, 1.807) is 0 Å². The summed E-state index contributed by atoms with van der Waals surface area (Å²) in [6, 6.07) is 10.1. The van der Waals surface area contributed by atoms with Crippen molar-refractivity contribution in [2.24, 2.45) is 0 Å². The molecule has 2 rings (SSSR count). The number of carbonyl (C=O) groups is 1. The molecule has 4 atom stereocenters. The molecule has 0 amide bonds. The quantitative estimate of drug-likeness (QED) is 0.241. The lowest BCUT2D eigenvalue weighted by atomic mass is 10.2. The third kappa shape index (κ3) is 5.53. The van der Waals surface area contributed by atoms with Gasteiger partial charge in [0.25, 0.3) is 0 Å². The van der Waals surface area contributed by atoms with Gasteiger partial charge in [-0.3, -0.25) is 4.79 Å². The Balaban J connectivity index is 2.09. The standard InChI is InChI=1S/C20H31IO4Si/c1-14(22)24-19-17(23-13-15-10-8-7-9-11-15)12-16(18(19)21)25-26(5,6)20(2,3)4/h7-11,16-19H,12-13H2,1-6H3/t16-,17+,18?,19?/m0/s1. The monoisotopic (exact) mass is 490 g/mol. The molecule has 1 fully saturated rings. The zero-order valence-electron chi connectivity index (χ0n) is 16.6. The summed E-state index contributed by atoms with van der Waals surface area (Å²) in [6.45, 7) is 13.2. The Labute approximate surface area is 172 Å². The molecule has 1 aromatic rings. The van der Waals surface area contributed by atoms with Crippen molar-refractivity contribution in [3.8, 4) is 0 Å². The van der Waals surface area contributed by atoms with E-state index in [0.717, 1.165) is 12.0 Å². The molecule has 146 valence electrons. The summed E-state index contributed by atoms with van der Waals surface area (Å²) in [5.74, 6) is -0.266. The number of ether oxygens (including phenoxy) is 2. The van der Waals surface area contributed by atoms with Crippen LogP contribution in [0.5, 0.6) is 0 Å². The average Bonchev–Trinajstić information content (AvgIpc) is 2.81. The molecule has 0 N–H and O–H groups in total. The van der Waals surface area contributed by atoms with E-state index in [0.29, 0.717) is 6.61 Å². The Morgan fingerprint density at radius 2 is 1.81 bits per heavy atom. The number of carbonyl (C=O) groups excluding carboxylic acids is 1. The summed E-state index contributed by atoms with van der Waals surface area (Å²) in [5, 5.41) is 0.142. The molecule has 1 aliphatic carbocycles. The largest absolute Gasteiger partial charge is 0.459 e. The first-order valence-electron chi connectivity index (χ1n) is 9.16. The smallest absolute Gasteiger partial charge is 0.303 e. The van der Waals surface area contributed by atoms with E-state index in [1.165, 1.54) is 6.92 Å². The van der Waals surface area contributed by atoms with Gasteiger partial charge in [-0.25, -0.2) is 0 Å². The zero-order chi connectivity index (χ0) is 19.5. The second-order valence-electron chi connectivity index (χ2n) is 8.51. The van der Waals surface area contributed by atoms with Gasteiger partial charge in [-0.15, -0.1) is 0 Å². The fourth-order valence-electron chi connectivity index (χ4n) is 2.85. The average molecular weight is 490 g/mol. The Morgan fingerprint density at radius 3 is 2.35 bits per heavy atom. The Hall–Kier alpha value is -0.443. The SMILES string of the molecule is CC(=O)OC1C(I)[C@@H](O[Si](C)(C)C(C)(C)C)C[C@H]1OCc1ccccc1. The summed E-state index contributed by atoms with van der Waals surface area (Å²) in [4.78, 5) is 11.6. The first-order chi connectivity index (χ1) is 12.0. The zero-order valence-corrected chi connectivity index (χ0v) is 19.8. The highest BCUT2D eigenvalue weighted by Crippen LogP contribution is 2.42. The van der Waals surface area contributed by atoms with Crippen LogP contribution in [-0.2, 0) is 25.3 Å². The summed E-state index contributed by atoms with van der Waals surface area (Å²) >= 11 is 2.37. The summed E-state index contributed by atoms with van der Waals surface area (Å²) in [7, 11) is -1.90. The van der Waals surface area contributed by atoms with Crippen LogP contribution in [0.2, 0.25) is 18.1 Å². The van der Waals surface area contributed by atoms with Crippen LogP contribution in [0.3, 0.4) is 0 Å². The predicted molar refractivity (Wildman–Crippen MR) is 115 cm³/mol. The second kappa shape index (κ2) is 8.71. The molecule has 0 bridgehead atoms. The van der Waals surface area contributed by atoms with E-state index in [1.807, 2.05) is 30.3 Å². The first kappa shape index (κ1) is 21.9. The number of alkyl halides is 1. The lowest BCUT2D eigenvalue weighted by Gasteiger charge is -2.39. The van der Waals surface area contributed by atoms with Gasteiger partial charge >= 0.3 is 5.97 Å². The molecule has 0 spiro atoms. The minimum atomic E-state index is -1.90. The Kier molecular flexibility index (Phi) is 7.32. The third-order valence-electron chi connectivity index (χ3n) is 5.36. The van der Waals surface area contributed by atoms with Gasteiger partial charge < -0.3 is 13.9 Å². The minimum Gasteiger partial charge on any atom is -0.459 e. The lowest BCUT2D eigenvalue weighted by molar-refractivity contribution is -0.152. The van der Waals surface area contributed by atoms with Crippen LogP contribution in [0.1, 0.15) is 39.7 Å². The highest BCUT2D eigenvalue weighted by Gasteiger charge is 2.49. The van der Waals surface area contributed by atoms with Crippen LogP contribution < -0.4 is 0 Å². The highest BCUT2D eigenvalue weighted by molar-refractivity contribution is 14.1. The molecular formula is C20H31IO4Si. The van der Waals surface area contributed by atoms with Gasteiger partial charge in [-0.1, -0.05) is 73.7 Å². The molecule has 4 nitrogen and oxygen atoms in total. The fraction of sp³-hybridized carbons (Fsp3) is 0.650. The van der Waals surface area contributed by atoms with Crippen molar-refractivity contribution < 1.29 is 18.7 Å². The normalized spacial score (nSPS) is 26.7. The molecule has 0 aliphatic heterocycles. The van der Waals surface area contributed by atoms with E-state index in [2.05, 4.69) is 56.5 Å². The van der Waals surface area contributed by atoms with Crippen LogP contribution in [-0.4, -0.2) is 36.5 Å². The van der Waals surface area contributed by atoms with E-state index >= 15 is 0 Å². The number of halogens is 1. The van der Waals surface area contributed by atoms with Crippen LogP contribution >= 0.6 is 22.6 Å². The third-order valence-corrected chi connectivity index (χ3v) is 11.4. The molecule has 0 aromatic heterocycles. The van der Waals surface area contributed by atoms with Crippen LogP contribution in [0, 0.1) is 0 Å². The van der Waals surface area contributed by atoms with Crippen molar-refractivity contribution >= 4 is 36.9 Å². The fourth-order valence-corrected chi connectivity index (χ4v) is 5.53. The van der Waals surface area contributed by atoms with Crippen LogP contribution in [0.25, 0.3) is 0 Å². The molecular weight excluding hydrogens is 459 g/mol. The van der Waals surface area contributed by atoms with Gasteiger partial charge in [-0.2, -0.15) is 0 Å². The van der Waals surface area contributed by atoms with Gasteiger partial charge in [0, 0.05) is 13.3 Å². The lowest BCUT2D eigenvalue weighted by Crippen LogP contribution is -2.45. The molecule has 26 heavy (non-hydrogen) atoms. The van der Waals surface area contributed by atoms with Gasteiger partial charge in [0.2, 0.25) is 0 Å². The molecule has 0 saturated heterocycles. The maximum atomic E-state index is 11.6. The number of hydrogen-bond acceptors (Lipinski definition) is 4. The number of rotatable bonds is 6. The van der Waals surface area contributed by atoms with E-state index in [-0.39, 0.29) is 33.2 Å². The van der Waals surface area contributed by atoms with Crippen LogP contribution in [0.15, 0.2) is 30.3 Å². The van der Waals surface area contributed by atoms with Crippen molar-refractivity contribution in [2.45, 2.75) is 81.1 Å². The van der Waals surface area contributed by atoms with Crippen molar-refractivity contribution in [3.05, 3.63) is 35.9 Å². The Morgan fingerprint density at radius 1 is 1.19 bits per heavy atom. The Bertz CT molecular complexity index is 600. The van der Waals surface area contributed by atoms with Crippen LogP contribution in [0.4, 0.5) is 0 Å². The van der Waals surface area contributed by atoms with E-state index < -0.39 is 8.32 Å². The maximum absolute atomic E-state index is 11.6. The summed E-state index contributed by atoms with van der Waals surface area (Å²) in [6.07, 6.45) is 0.384. The number of hydrogen-bond donors (Lipinski definition) is 0. The topological polar surface area (TPSA) is 44.8 Å². The molecule has 1 saturated carbocycles. The van der Waals surface area contributed by atoms with Crippen molar-refractivity contribution in [2.75, 3.05) is 0 Å². The minimum absolute atomic E-state index is 0.0432. The first-order valence-corrected chi connectivity index (χ1v) is 13.3. The van der Waals surface area contributed by atoms with Gasteiger partial charge in [0.05, 0.1) is 22.7 Å². The van der Waals surface area contributed by atoms with Gasteiger partial charge in [0.1, 0.15) is 6.10 Å². The summed E-state index contributed by atoms with van der Waals surface area (Å²) < 4.78 is 18.5. The van der Waals surface area contributed by atoms with Gasteiger partial charge in [-0.05, 0) is 23.7 Å². The molecule has 0 radical (unpaired) electrons. The van der Waals surface area contributed by atoms with E-state index in [9.17, 15) is 4.79 Å². The molecule has 6 heteroatoms. The molecule has 1 aromatic carbocycles. The molecule has 1 aliphatic rings. The predicted octanol–water partition coefficient (Wildman–Crippen LogP) is 5.10. The van der Waals surface area contributed by atoms with E-state index in [4.69, 9.17) is 13.9 Å². The summed E-state index contributed by atoms with van der Waals surface area (Å²) in [5.41, 5.74) is 1.12. The van der Waals surface area contributed by atoms with Crippen molar-refractivity contribution in [1.82, 2.24) is 0 Å².